The van der Waals surface area contributed by atoms with Crippen molar-refractivity contribution in [3.05, 3.63) is 58.4 Å². The van der Waals surface area contributed by atoms with Gasteiger partial charge in [0.25, 0.3) is 11.5 Å². The first-order valence-corrected chi connectivity index (χ1v) is 9.76. The van der Waals surface area contributed by atoms with Crippen LogP contribution in [0, 0.1) is 0 Å². The number of para-hydroxylation sites is 1. The molecule has 0 fully saturated rings. The molecule has 0 aliphatic heterocycles. The maximum absolute atomic E-state index is 12.5. The molecule has 4 rings (SSSR count). The van der Waals surface area contributed by atoms with Gasteiger partial charge < -0.3 is 15.2 Å². The Hall–Kier alpha value is -2.70. The molecule has 0 aliphatic carbocycles. The summed E-state index contributed by atoms with van der Waals surface area (Å²) < 4.78 is 1.65. The lowest BCUT2D eigenvalue weighted by atomic mass is 10.1. The van der Waals surface area contributed by atoms with Crippen LogP contribution in [0.1, 0.15) is 16.8 Å². The molecular formula is C21H21N3O2S. The van der Waals surface area contributed by atoms with Gasteiger partial charge in [-0.25, -0.2) is 0 Å². The van der Waals surface area contributed by atoms with Crippen molar-refractivity contribution >= 4 is 48.3 Å². The number of nitrogens with one attached hydrogen (secondary N) is 2. The summed E-state index contributed by atoms with van der Waals surface area (Å²) in [6.07, 6.45) is 0.908. The molecule has 1 amide bonds. The maximum atomic E-state index is 12.5. The van der Waals surface area contributed by atoms with E-state index < -0.39 is 0 Å². The fourth-order valence-corrected chi connectivity index (χ4v) is 4.51. The monoisotopic (exact) mass is 379 g/mol. The number of pyridine rings is 1. The topological polar surface area (TPSA) is 65.2 Å². The molecule has 0 bridgehead atoms. The van der Waals surface area contributed by atoms with Crippen molar-refractivity contribution in [1.29, 1.82) is 0 Å². The molecule has 0 saturated carbocycles. The summed E-state index contributed by atoms with van der Waals surface area (Å²) in [5, 5.41) is 5.97. The average molecular weight is 379 g/mol. The number of aromatic amines is 1. The first-order valence-electron chi connectivity index (χ1n) is 8.95. The van der Waals surface area contributed by atoms with E-state index in [1.54, 1.807) is 0 Å². The molecule has 27 heavy (non-hydrogen) atoms. The van der Waals surface area contributed by atoms with Crippen molar-refractivity contribution < 1.29 is 4.79 Å². The summed E-state index contributed by atoms with van der Waals surface area (Å²) >= 11 is 1.44. The Morgan fingerprint density at radius 2 is 1.96 bits per heavy atom. The van der Waals surface area contributed by atoms with Crippen LogP contribution in [0.5, 0.6) is 0 Å². The molecule has 0 unspecified atom stereocenters. The van der Waals surface area contributed by atoms with Crippen LogP contribution in [0.2, 0.25) is 0 Å². The second-order valence-electron chi connectivity index (χ2n) is 6.93. The van der Waals surface area contributed by atoms with Crippen molar-refractivity contribution in [1.82, 2.24) is 15.2 Å². The van der Waals surface area contributed by atoms with E-state index in [4.69, 9.17) is 0 Å². The van der Waals surface area contributed by atoms with Crippen molar-refractivity contribution in [3.8, 4) is 0 Å². The highest BCUT2D eigenvalue weighted by Crippen LogP contribution is 2.36. The van der Waals surface area contributed by atoms with E-state index in [0.29, 0.717) is 16.8 Å². The fourth-order valence-electron chi connectivity index (χ4n) is 3.35. The Morgan fingerprint density at radius 3 is 2.78 bits per heavy atom. The number of fused-ring (bicyclic) bond motifs is 5. The highest BCUT2D eigenvalue weighted by Gasteiger charge is 2.14. The second-order valence-corrected chi connectivity index (χ2v) is 7.98. The third-order valence-corrected chi connectivity index (χ3v) is 5.82. The number of thiophene rings is 1. The van der Waals surface area contributed by atoms with Crippen molar-refractivity contribution in [2.24, 2.45) is 0 Å². The van der Waals surface area contributed by atoms with Gasteiger partial charge in [0.05, 0.1) is 0 Å². The van der Waals surface area contributed by atoms with Crippen LogP contribution in [0.25, 0.3) is 31.1 Å². The lowest BCUT2D eigenvalue weighted by Crippen LogP contribution is -2.27. The van der Waals surface area contributed by atoms with Crippen LogP contribution >= 0.6 is 11.3 Å². The van der Waals surface area contributed by atoms with Gasteiger partial charge in [-0.2, -0.15) is 0 Å². The summed E-state index contributed by atoms with van der Waals surface area (Å²) in [6.45, 7) is 1.58. The molecule has 138 valence electrons. The Labute approximate surface area is 160 Å². The van der Waals surface area contributed by atoms with Gasteiger partial charge in [0.2, 0.25) is 0 Å². The summed E-state index contributed by atoms with van der Waals surface area (Å²) in [5.41, 5.74) is 1.37. The molecule has 5 nitrogen and oxygen atoms in total. The molecule has 0 radical (unpaired) electrons. The Kier molecular flexibility index (Phi) is 4.68. The van der Waals surface area contributed by atoms with Gasteiger partial charge in [-0.15, -0.1) is 11.3 Å². The molecule has 0 spiro atoms. The zero-order chi connectivity index (χ0) is 19.0. The van der Waals surface area contributed by atoms with Gasteiger partial charge in [0.1, 0.15) is 4.70 Å². The van der Waals surface area contributed by atoms with Crippen LogP contribution in [0.4, 0.5) is 0 Å². The number of carbonyl (C=O) groups is 1. The molecule has 0 aliphatic rings. The summed E-state index contributed by atoms with van der Waals surface area (Å²) in [6, 6.07) is 13.5. The SMILES string of the molecule is CN(C)CCCNC(=O)c1ccc2c(c1)sc1c(=O)[nH]c3ccccc3c12. The molecular weight excluding hydrogens is 358 g/mol. The Morgan fingerprint density at radius 1 is 1.15 bits per heavy atom. The molecule has 4 aromatic rings. The predicted octanol–water partition coefficient (Wildman–Crippen LogP) is 3.58. The number of hydrogen-bond acceptors (Lipinski definition) is 4. The minimum Gasteiger partial charge on any atom is -0.352 e. The third kappa shape index (κ3) is 3.34. The van der Waals surface area contributed by atoms with E-state index in [-0.39, 0.29) is 11.5 Å². The Bertz CT molecular complexity index is 1210. The lowest BCUT2D eigenvalue weighted by molar-refractivity contribution is 0.0952. The molecule has 2 aromatic heterocycles. The normalized spacial score (nSPS) is 11.7. The lowest BCUT2D eigenvalue weighted by Gasteiger charge is -2.10. The van der Waals surface area contributed by atoms with Gasteiger partial charge in [0, 0.05) is 38.5 Å². The zero-order valence-electron chi connectivity index (χ0n) is 15.3. The van der Waals surface area contributed by atoms with Gasteiger partial charge in [-0.1, -0.05) is 24.3 Å². The zero-order valence-corrected chi connectivity index (χ0v) is 16.2. The van der Waals surface area contributed by atoms with Crippen molar-refractivity contribution in [2.45, 2.75) is 6.42 Å². The summed E-state index contributed by atoms with van der Waals surface area (Å²) in [7, 11) is 4.03. The van der Waals surface area contributed by atoms with Crippen LogP contribution in [-0.2, 0) is 0 Å². The standard InChI is InChI=1S/C21H21N3O2S/c1-24(2)11-5-10-22-20(25)13-8-9-15-17(12-13)27-19-18(15)14-6-3-4-7-16(14)23-21(19)26/h3-4,6-9,12H,5,10-11H2,1-2H3,(H,22,25)(H,23,26). The van der Waals surface area contributed by atoms with Crippen LogP contribution in [-0.4, -0.2) is 43.0 Å². The number of hydrogen-bond donors (Lipinski definition) is 2. The second kappa shape index (κ2) is 7.13. The highest BCUT2D eigenvalue weighted by atomic mass is 32.1. The van der Waals surface area contributed by atoms with Crippen LogP contribution in [0.15, 0.2) is 47.3 Å². The van der Waals surface area contributed by atoms with E-state index in [0.717, 1.165) is 39.3 Å². The number of benzene rings is 2. The van der Waals surface area contributed by atoms with E-state index in [9.17, 15) is 9.59 Å². The summed E-state index contributed by atoms with van der Waals surface area (Å²) in [5.74, 6) is -0.0770. The van der Waals surface area contributed by atoms with Gasteiger partial charge in [-0.3, -0.25) is 9.59 Å². The van der Waals surface area contributed by atoms with Crippen molar-refractivity contribution in [2.75, 3.05) is 27.2 Å². The van der Waals surface area contributed by atoms with Crippen LogP contribution < -0.4 is 10.9 Å². The number of nitrogens with zero attached hydrogens (tertiary/aromatic N) is 1. The first-order chi connectivity index (χ1) is 13.0. The Balaban J connectivity index is 1.72. The summed E-state index contributed by atoms with van der Waals surface area (Å²) in [4.78, 5) is 30.0. The maximum Gasteiger partial charge on any atom is 0.266 e. The molecule has 2 heterocycles. The van der Waals surface area contributed by atoms with E-state index in [1.807, 2.05) is 56.6 Å². The van der Waals surface area contributed by atoms with Gasteiger partial charge in [-0.05, 0) is 45.3 Å². The number of amides is 1. The van der Waals surface area contributed by atoms with Gasteiger partial charge in [0.15, 0.2) is 0 Å². The molecule has 0 atom stereocenters. The molecule has 6 heteroatoms. The highest BCUT2D eigenvalue weighted by molar-refractivity contribution is 7.26. The number of carbonyl (C=O) groups excluding carboxylic acids is 1. The molecule has 2 N–H and O–H groups in total. The van der Waals surface area contributed by atoms with Crippen LogP contribution in [0.3, 0.4) is 0 Å². The third-order valence-electron chi connectivity index (χ3n) is 4.67. The molecule has 2 aromatic carbocycles. The fraction of sp³-hybridized carbons (Fsp3) is 0.238. The molecule has 0 saturated heterocycles. The number of rotatable bonds is 5. The minimum absolute atomic E-state index is 0.0770. The number of aromatic nitrogens is 1. The predicted molar refractivity (Wildman–Crippen MR) is 113 cm³/mol. The van der Waals surface area contributed by atoms with E-state index >= 15 is 0 Å². The first kappa shape index (κ1) is 17.7. The largest absolute Gasteiger partial charge is 0.352 e. The quantitative estimate of drug-likeness (QED) is 0.521. The number of H-pyrrole nitrogens is 1. The average Bonchev–Trinajstić information content (AvgIpc) is 3.04. The van der Waals surface area contributed by atoms with E-state index in [2.05, 4.69) is 15.2 Å². The smallest absolute Gasteiger partial charge is 0.266 e. The van der Waals surface area contributed by atoms with Gasteiger partial charge >= 0.3 is 0 Å². The van der Waals surface area contributed by atoms with E-state index in [1.165, 1.54) is 11.3 Å². The minimum atomic E-state index is -0.0837. The van der Waals surface area contributed by atoms with Crippen molar-refractivity contribution in [3.63, 3.8) is 0 Å².